The molecule has 1 aliphatic rings. The summed E-state index contributed by atoms with van der Waals surface area (Å²) in [4.78, 5) is 10.9. The Bertz CT molecular complexity index is 582. The number of nitrogens with zero attached hydrogens (tertiary/aromatic N) is 1. The van der Waals surface area contributed by atoms with E-state index in [0.29, 0.717) is 12.4 Å². The zero-order valence-corrected chi connectivity index (χ0v) is 14.2. The first kappa shape index (κ1) is 17.5. The Balaban J connectivity index is 2.36. The molecule has 23 heavy (non-hydrogen) atoms. The van der Waals surface area contributed by atoms with Crippen molar-refractivity contribution in [2.24, 2.45) is 17.8 Å². The monoisotopic (exact) mass is 319 g/mol. The predicted octanol–water partition coefficient (Wildman–Crippen LogP) is 3.89. The molecule has 0 aromatic heterocycles. The van der Waals surface area contributed by atoms with Gasteiger partial charge in [0.15, 0.2) is 0 Å². The summed E-state index contributed by atoms with van der Waals surface area (Å²) >= 11 is 0. The van der Waals surface area contributed by atoms with Crippen molar-refractivity contribution in [3.05, 3.63) is 51.3 Å². The maximum Gasteiger partial charge on any atom is 0.214 e. The Morgan fingerprint density at radius 1 is 1.43 bits per heavy atom. The van der Waals surface area contributed by atoms with E-state index in [0.717, 1.165) is 11.1 Å². The van der Waals surface area contributed by atoms with Crippen LogP contribution in [0.25, 0.3) is 6.08 Å². The minimum atomic E-state index is -0.416. The van der Waals surface area contributed by atoms with Crippen LogP contribution in [-0.4, -0.2) is 24.4 Å². The molecule has 1 aliphatic heterocycles. The van der Waals surface area contributed by atoms with Crippen molar-refractivity contribution in [1.29, 1.82) is 0 Å². The Labute approximate surface area is 137 Å². The molecule has 0 radical (unpaired) electrons. The number of ether oxygens (including phenoxy) is 2. The molecular weight excluding hydrogens is 294 g/mol. The maximum absolute atomic E-state index is 11.1. The first-order valence-electron chi connectivity index (χ1n) is 8.10. The molecular formula is C18H25NO4. The quantitative estimate of drug-likeness (QED) is 0.589. The normalized spacial score (nSPS) is 25.8. The van der Waals surface area contributed by atoms with E-state index >= 15 is 0 Å². The standard InChI is InChI=1S/C18H25NO4/c1-5-22-18-17(12(2)3)15(11-19(20)21)16(23-18)10-14-8-6-7-13(4)9-14/h6-10,12,15,17-18H,5,11H2,1-4H3/b16-10-/t15-,17-,18+/m1/s1. The van der Waals surface area contributed by atoms with Crippen molar-refractivity contribution in [3.63, 3.8) is 0 Å². The lowest BCUT2D eigenvalue weighted by Crippen LogP contribution is -2.31. The highest BCUT2D eigenvalue weighted by Crippen LogP contribution is 2.41. The fraction of sp³-hybridized carbons (Fsp3) is 0.556. The molecule has 1 saturated heterocycles. The van der Waals surface area contributed by atoms with E-state index in [-0.39, 0.29) is 29.2 Å². The molecule has 0 spiro atoms. The lowest BCUT2D eigenvalue weighted by Gasteiger charge is -2.23. The van der Waals surface area contributed by atoms with Crippen molar-refractivity contribution < 1.29 is 14.4 Å². The first-order valence-corrected chi connectivity index (χ1v) is 8.10. The summed E-state index contributed by atoms with van der Waals surface area (Å²) in [5.74, 6) is 0.614. The Hall–Kier alpha value is -1.88. The highest BCUT2D eigenvalue weighted by molar-refractivity contribution is 5.53. The first-order chi connectivity index (χ1) is 10.9. The van der Waals surface area contributed by atoms with Gasteiger partial charge in [-0.25, -0.2) is 0 Å². The van der Waals surface area contributed by atoms with E-state index in [1.165, 1.54) is 0 Å². The van der Waals surface area contributed by atoms with Crippen LogP contribution in [0.1, 0.15) is 31.9 Å². The van der Waals surface area contributed by atoms with Crippen LogP contribution >= 0.6 is 0 Å². The maximum atomic E-state index is 11.1. The zero-order chi connectivity index (χ0) is 17.0. The largest absolute Gasteiger partial charge is 0.468 e. The molecule has 0 N–H and O–H groups in total. The van der Waals surface area contributed by atoms with Gasteiger partial charge in [0, 0.05) is 17.4 Å². The molecule has 0 bridgehead atoms. The molecule has 0 unspecified atom stereocenters. The van der Waals surface area contributed by atoms with Crippen LogP contribution in [0.2, 0.25) is 0 Å². The van der Waals surface area contributed by atoms with E-state index < -0.39 is 6.29 Å². The Morgan fingerprint density at radius 3 is 2.74 bits per heavy atom. The molecule has 5 heteroatoms. The highest BCUT2D eigenvalue weighted by atomic mass is 16.7. The third-order valence-corrected chi connectivity index (χ3v) is 4.19. The van der Waals surface area contributed by atoms with E-state index in [9.17, 15) is 10.1 Å². The number of aryl methyl sites for hydroxylation is 1. The molecule has 3 atom stereocenters. The Kier molecular flexibility index (Phi) is 5.77. The number of rotatable bonds is 6. The molecule has 1 heterocycles. The summed E-state index contributed by atoms with van der Waals surface area (Å²) in [7, 11) is 0. The van der Waals surface area contributed by atoms with Gasteiger partial charge in [-0.15, -0.1) is 0 Å². The van der Waals surface area contributed by atoms with Crippen molar-refractivity contribution in [2.75, 3.05) is 13.2 Å². The number of hydrogen-bond donors (Lipinski definition) is 0. The minimum Gasteiger partial charge on any atom is -0.468 e. The average molecular weight is 319 g/mol. The number of benzene rings is 1. The van der Waals surface area contributed by atoms with Gasteiger partial charge in [-0.05, 0) is 31.4 Å². The molecule has 5 nitrogen and oxygen atoms in total. The van der Waals surface area contributed by atoms with Crippen molar-refractivity contribution in [3.8, 4) is 0 Å². The molecule has 1 aromatic rings. The van der Waals surface area contributed by atoms with Crippen molar-refractivity contribution in [2.45, 2.75) is 34.0 Å². The van der Waals surface area contributed by atoms with E-state index in [2.05, 4.69) is 13.8 Å². The second-order valence-electron chi connectivity index (χ2n) is 6.35. The predicted molar refractivity (Wildman–Crippen MR) is 89.3 cm³/mol. The van der Waals surface area contributed by atoms with E-state index in [1.54, 1.807) is 0 Å². The summed E-state index contributed by atoms with van der Waals surface area (Å²) in [6.07, 6.45) is 1.50. The molecule has 0 saturated carbocycles. The molecule has 0 aliphatic carbocycles. The Morgan fingerprint density at radius 2 is 2.17 bits per heavy atom. The van der Waals surface area contributed by atoms with Gasteiger partial charge in [-0.2, -0.15) is 0 Å². The fourth-order valence-corrected chi connectivity index (χ4v) is 3.21. The van der Waals surface area contributed by atoms with Gasteiger partial charge in [-0.1, -0.05) is 43.7 Å². The van der Waals surface area contributed by atoms with Crippen LogP contribution in [0.4, 0.5) is 0 Å². The van der Waals surface area contributed by atoms with Crippen molar-refractivity contribution in [1.82, 2.24) is 0 Å². The summed E-state index contributed by atoms with van der Waals surface area (Å²) in [5.41, 5.74) is 2.14. The van der Waals surface area contributed by atoms with Gasteiger partial charge in [0.2, 0.25) is 12.8 Å². The van der Waals surface area contributed by atoms with Crippen LogP contribution in [0.3, 0.4) is 0 Å². The summed E-state index contributed by atoms with van der Waals surface area (Å²) in [6.45, 7) is 8.43. The summed E-state index contributed by atoms with van der Waals surface area (Å²) in [6, 6.07) is 8.01. The van der Waals surface area contributed by atoms with Crippen LogP contribution in [0.5, 0.6) is 0 Å². The molecule has 1 aromatic carbocycles. The third kappa shape index (κ3) is 4.32. The minimum absolute atomic E-state index is 0.0172. The molecule has 1 fully saturated rings. The average Bonchev–Trinajstić information content (AvgIpc) is 2.76. The van der Waals surface area contributed by atoms with Gasteiger partial charge in [-0.3, -0.25) is 10.1 Å². The second-order valence-corrected chi connectivity index (χ2v) is 6.35. The fourth-order valence-electron chi connectivity index (χ4n) is 3.21. The lowest BCUT2D eigenvalue weighted by molar-refractivity contribution is -0.488. The highest BCUT2D eigenvalue weighted by Gasteiger charge is 2.46. The van der Waals surface area contributed by atoms with Gasteiger partial charge < -0.3 is 9.47 Å². The van der Waals surface area contributed by atoms with Gasteiger partial charge >= 0.3 is 0 Å². The van der Waals surface area contributed by atoms with Crippen LogP contribution in [-0.2, 0) is 9.47 Å². The van der Waals surface area contributed by atoms with Crippen LogP contribution in [0.15, 0.2) is 30.0 Å². The van der Waals surface area contributed by atoms with Gasteiger partial charge in [0.05, 0.1) is 5.92 Å². The second kappa shape index (κ2) is 7.59. The van der Waals surface area contributed by atoms with Crippen molar-refractivity contribution >= 4 is 6.08 Å². The van der Waals surface area contributed by atoms with Gasteiger partial charge in [0.1, 0.15) is 5.76 Å². The van der Waals surface area contributed by atoms with Gasteiger partial charge in [0.25, 0.3) is 0 Å². The zero-order valence-electron chi connectivity index (χ0n) is 14.2. The SMILES string of the molecule is CCO[C@H]1O/C(=C\c2cccc(C)c2)[C@@H](C[N+](=O)[O-])[C@H]1C(C)C. The molecule has 126 valence electrons. The molecule has 2 rings (SSSR count). The van der Waals surface area contributed by atoms with E-state index in [4.69, 9.17) is 9.47 Å². The van der Waals surface area contributed by atoms with Crippen LogP contribution in [0, 0.1) is 34.8 Å². The third-order valence-electron chi connectivity index (χ3n) is 4.19. The lowest BCUT2D eigenvalue weighted by atomic mass is 9.83. The number of nitro groups is 1. The summed E-state index contributed by atoms with van der Waals surface area (Å²) < 4.78 is 11.7. The summed E-state index contributed by atoms with van der Waals surface area (Å²) in [5, 5.41) is 11.1. The molecule has 0 amide bonds. The van der Waals surface area contributed by atoms with Crippen LogP contribution < -0.4 is 0 Å². The van der Waals surface area contributed by atoms with E-state index in [1.807, 2.05) is 44.2 Å². The number of hydrogen-bond acceptors (Lipinski definition) is 4. The topological polar surface area (TPSA) is 61.6 Å². The smallest absolute Gasteiger partial charge is 0.214 e.